The van der Waals surface area contributed by atoms with E-state index >= 15 is 0 Å². The third kappa shape index (κ3) is 3.26. The molecule has 0 spiro atoms. The van der Waals surface area contributed by atoms with Gasteiger partial charge in [-0.1, -0.05) is 29.3 Å². The molecule has 20 heavy (non-hydrogen) atoms. The van der Waals surface area contributed by atoms with Crippen molar-refractivity contribution in [2.75, 3.05) is 0 Å². The molecule has 5 nitrogen and oxygen atoms in total. The lowest BCUT2D eigenvalue weighted by Crippen LogP contribution is -1.91. The number of nitro benzene ring substituents is 1. The van der Waals surface area contributed by atoms with Gasteiger partial charge in [-0.2, -0.15) is 0 Å². The van der Waals surface area contributed by atoms with E-state index in [2.05, 4.69) is 4.99 Å². The zero-order chi connectivity index (χ0) is 14.7. The molecule has 0 amide bonds. The summed E-state index contributed by atoms with van der Waals surface area (Å²) in [5, 5.41) is 20.8. The summed E-state index contributed by atoms with van der Waals surface area (Å²) in [6, 6.07) is 8.79. The molecule has 2 aromatic carbocycles. The summed E-state index contributed by atoms with van der Waals surface area (Å²) in [5.41, 5.74) is 0.610. The molecule has 0 heterocycles. The first-order chi connectivity index (χ1) is 9.47. The average molecular weight is 311 g/mol. The number of hydrogen-bond acceptors (Lipinski definition) is 4. The molecule has 0 saturated carbocycles. The van der Waals surface area contributed by atoms with Crippen LogP contribution in [0, 0.1) is 10.1 Å². The molecule has 0 aliphatic carbocycles. The van der Waals surface area contributed by atoms with Crippen LogP contribution in [0.1, 0.15) is 5.56 Å². The van der Waals surface area contributed by atoms with Gasteiger partial charge in [0.05, 0.1) is 4.92 Å². The maximum Gasteiger partial charge on any atom is 0.288 e. The van der Waals surface area contributed by atoms with Crippen molar-refractivity contribution in [3.8, 4) is 5.75 Å². The van der Waals surface area contributed by atoms with Gasteiger partial charge in [-0.15, -0.1) is 0 Å². The summed E-state index contributed by atoms with van der Waals surface area (Å²) < 4.78 is 0. The highest BCUT2D eigenvalue weighted by Gasteiger charge is 2.11. The normalized spacial score (nSPS) is 10.9. The van der Waals surface area contributed by atoms with E-state index in [0.717, 1.165) is 0 Å². The number of rotatable bonds is 3. The van der Waals surface area contributed by atoms with Crippen LogP contribution in [0.2, 0.25) is 10.0 Å². The van der Waals surface area contributed by atoms with E-state index in [0.29, 0.717) is 16.3 Å². The Hall–Kier alpha value is -2.11. The van der Waals surface area contributed by atoms with Gasteiger partial charge in [-0.25, -0.2) is 0 Å². The van der Waals surface area contributed by atoms with Crippen molar-refractivity contribution in [1.82, 2.24) is 0 Å². The molecule has 2 rings (SSSR count). The predicted molar refractivity (Wildman–Crippen MR) is 78.5 cm³/mol. The lowest BCUT2D eigenvalue weighted by molar-refractivity contribution is -0.384. The van der Waals surface area contributed by atoms with Gasteiger partial charge in [0.2, 0.25) is 0 Å². The Morgan fingerprint density at radius 1 is 1.20 bits per heavy atom. The minimum Gasteiger partial charge on any atom is -0.506 e. The third-order valence-corrected chi connectivity index (χ3v) is 3.01. The summed E-state index contributed by atoms with van der Waals surface area (Å²) in [4.78, 5) is 14.2. The second-order valence-corrected chi connectivity index (χ2v) is 4.70. The highest BCUT2D eigenvalue weighted by molar-refractivity contribution is 6.32. The van der Waals surface area contributed by atoms with E-state index in [9.17, 15) is 15.2 Å². The SMILES string of the molecule is O=[N+]([O-])c1cc(C=Nc2ccc(Cl)cc2O)ccc1Cl. The minimum absolute atomic E-state index is 0.0569. The molecule has 0 bridgehead atoms. The van der Waals surface area contributed by atoms with E-state index in [1.165, 1.54) is 24.4 Å². The van der Waals surface area contributed by atoms with Crippen molar-refractivity contribution in [2.24, 2.45) is 4.99 Å². The lowest BCUT2D eigenvalue weighted by Gasteiger charge is -2.00. The molecule has 2 aromatic rings. The third-order valence-electron chi connectivity index (χ3n) is 2.46. The Morgan fingerprint density at radius 3 is 2.60 bits per heavy atom. The van der Waals surface area contributed by atoms with Gasteiger partial charge in [0.25, 0.3) is 5.69 Å². The fourth-order valence-corrected chi connectivity index (χ4v) is 1.85. The summed E-state index contributed by atoms with van der Waals surface area (Å²) in [6.07, 6.45) is 1.40. The monoisotopic (exact) mass is 310 g/mol. The van der Waals surface area contributed by atoms with Crippen molar-refractivity contribution >= 4 is 40.8 Å². The number of aromatic hydroxyl groups is 1. The predicted octanol–water partition coefficient (Wildman–Crippen LogP) is 4.36. The summed E-state index contributed by atoms with van der Waals surface area (Å²) in [5.74, 6) is -0.0720. The maximum absolute atomic E-state index is 10.8. The number of nitro groups is 1. The fourth-order valence-electron chi connectivity index (χ4n) is 1.50. The van der Waals surface area contributed by atoms with Gasteiger partial charge in [0, 0.05) is 23.4 Å². The summed E-state index contributed by atoms with van der Waals surface area (Å²) in [6.45, 7) is 0. The smallest absolute Gasteiger partial charge is 0.288 e. The van der Waals surface area contributed by atoms with E-state index < -0.39 is 4.92 Å². The first kappa shape index (κ1) is 14.3. The molecular formula is C13H8Cl2N2O3. The Kier molecular flexibility index (Phi) is 4.22. The highest BCUT2D eigenvalue weighted by atomic mass is 35.5. The maximum atomic E-state index is 10.8. The standard InChI is InChI=1S/C13H8Cl2N2O3/c14-9-2-4-11(13(18)6-9)16-7-8-1-3-10(15)12(5-8)17(19)20/h1-7,18H. The molecule has 7 heteroatoms. The number of benzene rings is 2. The second kappa shape index (κ2) is 5.90. The average Bonchev–Trinajstić information content (AvgIpc) is 2.39. The van der Waals surface area contributed by atoms with Crippen LogP contribution >= 0.6 is 23.2 Å². The van der Waals surface area contributed by atoms with Crippen molar-refractivity contribution in [3.05, 3.63) is 62.1 Å². The first-order valence-electron chi connectivity index (χ1n) is 5.44. The first-order valence-corrected chi connectivity index (χ1v) is 6.19. The number of halogens is 2. The number of hydrogen-bond donors (Lipinski definition) is 1. The quantitative estimate of drug-likeness (QED) is 0.520. The number of nitrogens with zero attached hydrogens (tertiary/aromatic N) is 2. The van der Waals surface area contributed by atoms with Crippen molar-refractivity contribution in [2.45, 2.75) is 0 Å². The Morgan fingerprint density at radius 2 is 1.95 bits per heavy atom. The molecule has 0 aromatic heterocycles. The molecule has 102 valence electrons. The highest BCUT2D eigenvalue weighted by Crippen LogP contribution is 2.29. The number of phenols is 1. The molecule has 0 unspecified atom stereocenters. The second-order valence-electron chi connectivity index (χ2n) is 3.86. The van der Waals surface area contributed by atoms with E-state index in [1.807, 2.05) is 0 Å². The van der Waals surface area contributed by atoms with Gasteiger partial charge < -0.3 is 5.11 Å². The Labute approximate surface area is 124 Å². The van der Waals surface area contributed by atoms with Crippen molar-refractivity contribution in [3.63, 3.8) is 0 Å². The number of aliphatic imine (C=N–C) groups is 1. The summed E-state index contributed by atoms with van der Waals surface area (Å²) in [7, 11) is 0. The molecule has 0 aliphatic heterocycles. The van der Waals surface area contributed by atoms with E-state index in [-0.39, 0.29) is 16.5 Å². The van der Waals surface area contributed by atoms with Crippen LogP contribution in [-0.4, -0.2) is 16.2 Å². The van der Waals surface area contributed by atoms with Crippen LogP contribution < -0.4 is 0 Å². The van der Waals surface area contributed by atoms with Crippen LogP contribution in [0.15, 0.2) is 41.4 Å². The molecule has 0 atom stereocenters. The van der Waals surface area contributed by atoms with Gasteiger partial charge in [-0.05, 0) is 23.8 Å². The molecule has 0 aliphatic rings. The van der Waals surface area contributed by atoms with E-state index in [1.54, 1.807) is 18.2 Å². The van der Waals surface area contributed by atoms with Crippen LogP contribution in [0.4, 0.5) is 11.4 Å². The summed E-state index contributed by atoms with van der Waals surface area (Å²) >= 11 is 11.4. The lowest BCUT2D eigenvalue weighted by atomic mass is 10.2. The minimum atomic E-state index is -0.570. The fraction of sp³-hybridized carbons (Fsp3) is 0. The van der Waals surface area contributed by atoms with Gasteiger partial charge in [-0.3, -0.25) is 15.1 Å². The molecule has 1 N–H and O–H groups in total. The number of phenolic OH excluding ortho intramolecular Hbond substituents is 1. The zero-order valence-corrected chi connectivity index (χ0v) is 11.5. The van der Waals surface area contributed by atoms with Crippen LogP contribution in [0.5, 0.6) is 5.75 Å². The van der Waals surface area contributed by atoms with Crippen LogP contribution in [0.25, 0.3) is 0 Å². The molecule has 0 radical (unpaired) electrons. The van der Waals surface area contributed by atoms with Crippen LogP contribution in [-0.2, 0) is 0 Å². The zero-order valence-electron chi connectivity index (χ0n) is 9.96. The Bertz CT molecular complexity index is 702. The molecular weight excluding hydrogens is 303 g/mol. The van der Waals surface area contributed by atoms with E-state index in [4.69, 9.17) is 23.2 Å². The Balaban J connectivity index is 2.32. The van der Waals surface area contributed by atoms with Gasteiger partial charge in [0.15, 0.2) is 0 Å². The van der Waals surface area contributed by atoms with Crippen molar-refractivity contribution in [1.29, 1.82) is 0 Å². The molecule has 0 saturated heterocycles. The van der Waals surface area contributed by atoms with Gasteiger partial charge in [0.1, 0.15) is 16.5 Å². The largest absolute Gasteiger partial charge is 0.506 e. The molecule has 0 fully saturated rings. The van der Waals surface area contributed by atoms with Crippen molar-refractivity contribution < 1.29 is 10.0 Å². The van der Waals surface area contributed by atoms with Gasteiger partial charge >= 0.3 is 0 Å². The topological polar surface area (TPSA) is 75.7 Å². The van der Waals surface area contributed by atoms with Crippen LogP contribution in [0.3, 0.4) is 0 Å².